The minimum atomic E-state index is 0.327. The number of aliphatic imine (C=N–C) groups is 1. The summed E-state index contributed by atoms with van der Waals surface area (Å²) in [6.45, 7) is 9.24. The van der Waals surface area contributed by atoms with Gasteiger partial charge in [0, 0.05) is 37.1 Å². The van der Waals surface area contributed by atoms with Crippen LogP contribution in [0.15, 0.2) is 16.6 Å². The van der Waals surface area contributed by atoms with E-state index in [0.29, 0.717) is 28.6 Å². The number of ether oxygens (including phenoxy) is 1. The molecule has 148 valence electrons. The summed E-state index contributed by atoms with van der Waals surface area (Å²) in [6, 6.07) is 0. The van der Waals surface area contributed by atoms with Crippen molar-refractivity contribution in [2.45, 2.75) is 77.1 Å². The van der Waals surface area contributed by atoms with Crippen LogP contribution >= 0.6 is 11.8 Å². The highest BCUT2D eigenvalue weighted by atomic mass is 32.2. The van der Waals surface area contributed by atoms with E-state index >= 15 is 0 Å². The number of hydrogen-bond donors (Lipinski definition) is 1. The van der Waals surface area contributed by atoms with Crippen molar-refractivity contribution in [2.75, 3.05) is 26.0 Å². The first-order valence-electron chi connectivity index (χ1n) is 10.6. The van der Waals surface area contributed by atoms with Crippen LogP contribution in [0.2, 0.25) is 0 Å². The monoisotopic (exact) mass is 378 g/mol. The fraction of sp³-hybridized carbons (Fsp3) is 0.864. The third kappa shape index (κ3) is 5.07. The van der Waals surface area contributed by atoms with E-state index in [1.165, 1.54) is 56.4 Å². The molecule has 0 bridgehead atoms. The molecule has 0 saturated heterocycles. The van der Waals surface area contributed by atoms with Crippen LogP contribution in [0.25, 0.3) is 0 Å². The van der Waals surface area contributed by atoms with Gasteiger partial charge >= 0.3 is 0 Å². The molecule has 26 heavy (non-hydrogen) atoms. The Morgan fingerprint density at radius 3 is 2.65 bits per heavy atom. The molecule has 0 amide bonds. The molecule has 3 rings (SSSR count). The molecule has 1 saturated carbocycles. The number of nitrogens with one attached hydrogen (secondary N) is 1. The van der Waals surface area contributed by atoms with Crippen LogP contribution in [0.4, 0.5) is 0 Å². The van der Waals surface area contributed by atoms with Crippen molar-refractivity contribution in [1.82, 2.24) is 5.32 Å². The molecule has 4 heteroatoms. The lowest BCUT2D eigenvalue weighted by molar-refractivity contribution is 0.101. The van der Waals surface area contributed by atoms with Gasteiger partial charge < -0.3 is 10.1 Å². The number of allylic oxidation sites excluding steroid dienone is 1. The van der Waals surface area contributed by atoms with Crippen LogP contribution in [0.3, 0.4) is 0 Å². The van der Waals surface area contributed by atoms with Gasteiger partial charge in [0.05, 0.1) is 6.10 Å². The molecule has 0 spiro atoms. The second-order valence-corrected chi connectivity index (χ2v) is 10.5. The average molecular weight is 379 g/mol. The lowest BCUT2D eigenvalue weighted by Crippen LogP contribution is -2.41. The van der Waals surface area contributed by atoms with Crippen molar-refractivity contribution in [2.24, 2.45) is 22.2 Å². The molecule has 3 unspecified atom stereocenters. The van der Waals surface area contributed by atoms with E-state index in [1.54, 1.807) is 0 Å². The molecule has 1 aliphatic heterocycles. The van der Waals surface area contributed by atoms with E-state index in [-0.39, 0.29) is 0 Å². The van der Waals surface area contributed by atoms with E-state index in [2.05, 4.69) is 43.9 Å². The predicted octanol–water partition coefficient (Wildman–Crippen LogP) is 5.07. The normalized spacial score (nSPS) is 33.2. The molecule has 4 atom stereocenters. The van der Waals surface area contributed by atoms with Crippen LogP contribution in [0, 0.1) is 17.3 Å². The molecular weight excluding hydrogens is 340 g/mol. The fourth-order valence-electron chi connectivity index (χ4n) is 4.67. The summed E-state index contributed by atoms with van der Waals surface area (Å²) >= 11 is 2.17. The van der Waals surface area contributed by atoms with Gasteiger partial charge in [-0.15, -0.1) is 0 Å². The van der Waals surface area contributed by atoms with Gasteiger partial charge in [-0.05, 0) is 49.0 Å². The maximum absolute atomic E-state index is 5.83. The van der Waals surface area contributed by atoms with Crippen LogP contribution < -0.4 is 5.32 Å². The second-order valence-electron chi connectivity index (χ2n) is 9.30. The van der Waals surface area contributed by atoms with Crippen LogP contribution in [0.5, 0.6) is 0 Å². The molecule has 1 N–H and O–H groups in total. The Hall–Kier alpha value is -0.480. The minimum Gasteiger partial charge on any atom is -0.377 e. The Morgan fingerprint density at radius 1 is 1.15 bits per heavy atom. The first-order valence-corrected chi connectivity index (χ1v) is 11.7. The largest absolute Gasteiger partial charge is 0.377 e. The highest BCUT2D eigenvalue weighted by Crippen LogP contribution is 2.40. The Morgan fingerprint density at radius 2 is 1.96 bits per heavy atom. The van der Waals surface area contributed by atoms with Gasteiger partial charge in [0.15, 0.2) is 0 Å². The number of nitrogens with zero attached hydrogens (tertiary/aromatic N) is 1. The standard InChI is InChI=1S/C22H38N2OS/c1-22(2,3)17-10-11-19(25-4)16(14-17)15-26-20-9-6-5-8-18(20)21-23-12-7-13-24-21/h14,17-20H,5-13,15H2,1-4H3,(H,23,24)/t17?,18-,19?,20?/m1/s1. The number of thioether (sulfide) groups is 1. The van der Waals surface area contributed by atoms with Gasteiger partial charge in [-0.3, -0.25) is 4.99 Å². The third-order valence-corrected chi connectivity index (χ3v) is 7.90. The SMILES string of the molecule is COC1CCC(C(C)(C)C)C=C1CSC1CCCC[C@H]1C1=NCCCN1. The number of rotatable bonds is 5. The molecule has 1 fully saturated rings. The third-order valence-electron chi connectivity index (χ3n) is 6.41. The molecule has 3 aliphatic rings. The number of methoxy groups -OCH3 is 1. The molecule has 0 radical (unpaired) electrons. The van der Waals surface area contributed by atoms with Gasteiger partial charge in [-0.2, -0.15) is 11.8 Å². The first-order chi connectivity index (χ1) is 12.5. The van der Waals surface area contributed by atoms with Crippen molar-refractivity contribution in [3.8, 4) is 0 Å². The number of amidine groups is 1. The lowest BCUT2D eigenvalue weighted by Gasteiger charge is -2.37. The lowest BCUT2D eigenvalue weighted by atomic mass is 9.73. The van der Waals surface area contributed by atoms with E-state index < -0.39 is 0 Å². The molecule has 3 nitrogen and oxygen atoms in total. The van der Waals surface area contributed by atoms with Crippen molar-refractivity contribution < 1.29 is 4.74 Å². The quantitative estimate of drug-likeness (QED) is 0.678. The summed E-state index contributed by atoms with van der Waals surface area (Å²) in [5.74, 6) is 3.75. The highest BCUT2D eigenvalue weighted by molar-refractivity contribution is 8.00. The first kappa shape index (κ1) is 20.3. The average Bonchev–Trinajstić information content (AvgIpc) is 2.66. The Kier molecular flexibility index (Phi) is 7.12. The summed E-state index contributed by atoms with van der Waals surface area (Å²) in [7, 11) is 1.88. The van der Waals surface area contributed by atoms with Crippen molar-refractivity contribution in [3.05, 3.63) is 11.6 Å². The summed E-state index contributed by atoms with van der Waals surface area (Å²) in [6.07, 6.45) is 11.9. The molecule has 0 aromatic rings. The van der Waals surface area contributed by atoms with Gasteiger partial charge in [0.25, 0.3) is 0 Å². The Balaban J connectivity index is 1.66. The van der Waals surface area contributed by atoms with E-state index in [0.717, 1.165) is 18.8 Å². The van der Waals surface area contributed by atoms with E-state index in [4.69, 9.17) is 9.73 Å². The summed E-state index contributed by atoms with van der Waals surface area (Å²) in [5.41, 5.74) is 1.88. The molecule has 0 aromatic heterocycles. The summed E-state index contributed by atoms with van der Waals surface area (Å²) in [4.78, 5) is 4.83. The second kappa shape index (κ2) is 9.14. The molecule has 2 aliphatic carbocycles. The predicted molar refractivity (Wildman–Crippen MR) is 114 cm³/mol. The van der Waals surface area contributed by atoms with Gasteiger partial charge in [-0.1, -0.05) is 39.7 Å². The topological polar surface area (TPSA) is 33.6 Å². The zero-order chi connectivity index (χ0) is 18.6. The van der Waals surface area contributed by atoms with E-state index in [9.17, 15) is 0 Å². The van der Waals surface area contributed by atoms with Gasteiger partial charge in [-0.25, -0.2) is 0 Å². The van der Waals surface area contributed by atoms with E-state index in [1.807, 2.05) is 7.11 Å². The van der Waals surface area contributed by atoms with Crippen LogP contribution in [0.1, 0.15) is 65.7 Å². The van der Waals surface area contributed by atoms with Crippen molar-refractivity contribution >= 4 is 17.6 Å². The van der Waals surface area contributed by atoms with Gasteiger partial charge in [0.2, 0.25) is 0 Å². The molecular formula is C22H38N2OS. The smallest absolute Gasteiger partial charge is 0.101 e. The Labute approximate surface area is 164 Å². The highest BCUT2D eigenvalue weighted by Gasteiger charge is 2.33. The maximum Gasteiger partial charge on any atom is 0.101 e. The zero-order valence-corrected chi connectivity index (χ0v) is 18.0. The van der Waals surface area contributed by atoms with Crippen molar-refractivity contribution in [1.29, 1.82) is 0 Å². The summed E-state index contributed by atoms with van der Waals surface area (Å²) in [5, 5.41) is 4.31. The maximum atomic E-state index is 5.83. The Bertz CT molecular complexity index is 523. The summed E-state index contributed by atoms with van der Waals surface area (Å²) < 4.78 is 5.83. The minimum absolute atomic E-state index is 0.327. The van der Waals surface area contributed by atoms with Crippen LogP contribution in [-0.2, 0) is 4.74 Å². The van der Waals surface area contributed by atoms with Crippen molar-refractivity contribution in [3.63, 3.8) is 0 Å². The zero-order valence-electron chi connectivity index (χ0n) is 17.2. The molecule has 0 aromatic carbocycles. The van der Waals surface area contributed by atoms with Gasteiger partial charge in [0.1, 0.15) is 5.84 Å². The van der Waals surface area contributed by atoms with Crippen LogP contribution in [-0.4, -0.2) is 43.1 Å². The molecule has 1 heterocycles. The number of hydrogen-bond acceptors (Lipinski definition) is 4. The fourth-order valence-corrected chi connectivity index (χ4v) is 6.19.